The summed E-state index contributed by atoms with van der Waals surface area (Å²) in [5.74, 6) is 1.08. The van der Waals surface area contributed by atoms with Gasteiger partial charge in [-0.3, -0.25) is 0 Å². The molecule has 0 saturated heterocycles. The fourth-order valence-electron chi connectivity index (χ4n) is 3.75. The second kappa shape index (κ2) is 6.07. The smallest absolute Gasteiger partial charge is 0.126 e. The average Bonchev–Trinajstić information content (AvgIpc) is 2.64. The minimum absolute atomic E-state index is 0.0666. The van der Waals surface area contributed by atoms with Crippen LogP contribution < -0.4 is 10.1 Å². The van der Waals surface area contributed by atoms with Gasteiger partial charge in [-0.25, -0.2) is 0 Å². The van der Waals surface area contributed by atoms with Crippen molar-refractivity contribution < 1.29 is 4.74 Å². The maximum absolute atomic E-state index is 6.53. The van der Waals surface area contributed by atoms with E-state index in [1.807, 2.05) is 0 Å². The zero-order chi connectivity index (χ0) is 14.0. The summed E-state index contributed by atoms with van der Waals surface area (Å²) in [6.45, 7) is 3.20. The minimum Gasteiger partial charge on any atom is -0.487 e. The molecule has 1 aromatic rings. The molecular weight excluding hydrogens is 314 g/mol. The van der Waals surface area contributed by atoms with Crippen LogP contribution in [-0.2, 0) is 0 Å². The van der Waals surface area contributed by atoms with Gasteiger partial charge in [0, 0.05) is 22.5 Å². The second-order valence-electron chi connectivity index (χ2n) is 6.20. The van der Waals surface area contributed by atoms with Crippen LogP contribution in [0.15, 0.2) is 22.7 Å². The summed E-state index contributed by atoms with van der Waals surface area (Å²) in [6.07, 6.45) is 8.88. The van der Waals surface area contributed by atoms with Crippen molar-refractivity contribution in [2.24, 2.45) is 0 Å². The third-order valence-corrected chi connectivity index (χ3v) is 5.21. The van der Waals surface area contributed by atoms with E-state index < -0.39 is 0 Å². The van der Waals surface area contributed by atoms with Crippen molar-refractivity contribution in [2.45, 2.75) is 63.5 Å². The van der Waals surface area contributed by atoms with Crippen LogP contribution in [0.25, 0.3) is 0 Å². The van der Waals surface area contributed by atoms with Crippen LogP contribution in [0.1, 0.15) is 63.5 Å². The van der Waals surface area contributed by atoms with Gasteiger partial charge in [-0.1, -0.05) is 41.8 Å². The van der Waals surface area contributed by atoms with E-state index in [9.17, 15) is 0 Å². The van der Waals surface area contributed by atoms with Gasteiger partial charge in [0.2, 0.25) is 0 Å². The molecule has 1 heterocycles. The third-order valence-electron chi connectivity index (χ3n) is 4.72. The first-order valence-electron chi connectivity index (χ1n) is 7.94. The maximum atomic E-state index is 6.53. The predicted molar refractivity (Wildman–Crippen MR) is 86.2 cm³/mol. The Labute approximate surface area is 130 Å². The van der Waals surface area contributed by atoms with Gasteiger partial charge < -0.3 is 10.1 Å². The highest BCUT2D eigenvalue weighted by Crippen LogP contribution is 2.46. The molecule has 1 atom stereocenters. The molecule has 3 heteroatoms. The minimum atomic E-state index is 0.0666. The van der Waals surface area contributed by atoms with E-state index >= 15 is 0 Å². The highest BCUT2D eigenvalue weighted by molar-refractivity contribution is 9.10. The van der Waals surface area contributed by atoms with Gasteiger partial charge in [-0.05, 0) is 44.4 Å². The zero-order valence-electron chi connectivity index (χ0n) is 12.3. The summed E-state index contributed by atoms with van der Waals surface area (Å²) in [5, 5.41) is 3.66. The fraction of sp³-hybridized carbons (Fsp3) is 0.647. The molecule has 1 aliphatic heterocycles. The monoisotopic (exact) mass is 337 g/mol. The summed E-state index contributed by atoms with van der Waals surface area (Å²) in [5.41, 5.74) is 1.39. The standard InChI is InChI=1S/C17H24BrNO/c1-2-19-15-12-17(9-5-3-4-6-10-17)20-16-11-13(18)7-8-14(15)16/h7-8,11,15,19H,2-6,9-10,12H2,1H3. The average molecular weight is 338 g/mol. The molecule has 0 amide bonds. The number of ether oxygens (including phenoxy) is 1. The van der Waals surface area contributed by atoms with E-state index in [0.717, 1.165) is 23.2 Å². The molecule has 1 N–H and O–H groups in total. The third kappa shape index (κ3) is 2.89. The first-order chi connectivity index (χ1) is 9.72. The Kier molecular flexibility index (Phi) is 4.37. The van der Waals surface area contributed by atoms with E-state index in [4.69, 9.17) is 4.74 Å². The van der Waals surface area contributed by atoms with E-state index in [2.05, 4.69) is 46.4 Å². The summed E-state index contributed by atoms with van der Waals surface area (Å²) in [4.78, 5) is 0. The Morgan fingerprint density at radius 3 is 2.70 bits per heavy atom. The Morgan fingerprint density at radius 2 is 2.00 bits per heavy atom. The first-order valence-corrected chi connectivity index (χ1v) is 8.74. The van der Waals surface area contributed by atoms with Crippen molar-refractivity contribution >= 4 is 15.9 Å². The lowest BCUT2D eigenvalue weighted by atomic mass is 9.82. The van der Waals surface area contributed by atoms with Gasteiger partial charge >= 0.3 is 0 Å². The molecule has 1 saturated carbocycles. The van der Waals surface area contributed by atoms with Gasteiger partial charge in [0.25, 0.3) is 0 Å². The lowest BCUT2D eigenvalue weighted by Crippen LogP contribution is -2.43. The Balaban J connectivity index is 1.93. The van der Waals surface area contributed by atoms with Crippen LogP contribution in [0.4, 0.5) is 0 Å². The van der Waals surface area contributed by atoms with Gasteiger partial charge in [-0.2, -0.15) is 0 Å². The molecule has 2 nitrogen and oxygen atoms in total. The quantitative estimate of drug-likeness (QED) is 0.822. The molecule has 1 fully saturated rings. The normalized spacial score (nSPS) is 24.8. The van der Waals surface area contributed by atoms with Crippen LogP contribution in [0, 0.1) is 0 Å². The molecule has 2 aliphatic rings. The Morgan fingerprint density at radius 1 is 1.25 bits per heavy atom. The molecule has 110 valence electrons. The predicted octanol–water partition coefficient (Wildman–Crippen LogP) is 4.98. The largest absolute Gasteiger partial charge is 0.487 e. The van der Waals surface area contributed by atoms with Crippen LogP contribution in [0.3, 0.4) is 0 Å². The van der Waals surface area contributed by atoms with E-state index in [-0.39, 0.29) is 5.60 Å². The lowest BCUT2D eigenvalue weighted by Gasteiger charge is -2.42. The summed E-state index contributed by atoms with van der Waals surface area (Å²) < 4.78 is 7.64. The van der Waals surface area contributed by atoms with E-state index in [1.54, 1.807) is 0 Å². The molecular formula is C17H24BrNO. The van der Waals surface area contributed by atoms with Gasteiger partial charge in [0.15, 0.2) is 0 Å². The van der Waals surface area contributed by atoms with Gasteiger partial charge in [-0.15, -0.1) is 0 Å². The number of halogens is 1. The summed E-state index contributed by atoms with van der Waals surface area (Å²) >= 11 is 3.58. The maximum Gasteiger partial charge on any atom is 0.126 e. The van der Waals surface area contributed by atoms with Crippen LogP contribution in [0.5, 0.6) is 5.75 Å². The van der Waals surface area contributed by atoms with Crippen molar-refractivity contribution in [3.63, 3.8) is 0 Å². The molecule has 0 radical (unpaired) electrons. The Bertz CT molecular complexity index is 466. The number of rotatable bonds is 2. The number of hydrogen-bond acceptors (Lipinski definition) is 2. The second-order valence-corrected chi connectivity index (χ2v) is 7.11. The fourth-order valence-corrected chi connectivity index (χ4v) is 4.09. The molecule has 1 aromatic carbocycles. The number of fused-ring (bicyclic) bond motifs is 1. The molecule has 1 aliphatic carbocycles. The van der Waals surface area contributed by atoms with Crippen LogP contribution >= 0.6 is 15.9 Å². The van der Waals surface area contributed by atoms with Crippen LogP contribution in [-0.4, -0.2) is 12.1 Å². The van der Waals surface area contributed by atoms with Gasteiger partial charge in [0.05, 0.1) is 0 Å². The van der Waals surface area contributed by atoms with Crippen molar-refractivity contribution in [1.82, 2.24) is 5.32 Å². The van der Waals surface area contributed by atoms with Crippen molar-refractivity contribution in [1.29, 1.82) is 0 Å². The molecule has 20 heavy (non-hydrogen) atoms. The van der Waals surface area contributed by atoms with Crippen molar-refractivity contribution in [2.75, 3.05) is 6.54 Å². The highest BCUT2D eigenvalue weighted by atomic mass is 79.9. The first kappa shape index (κ1) is 14.4. The molecule has 3 rings (SSSR count). The SMILES string of the molecule is CCNC1CC2(CCCCCC2)Oc2cc(Br)ccc21. The molecule has 1 spiro atoms. The Hall–Kier alpha value is -0.540. The topological polar surface area (TPSA) is 21.3 Å². The number of nitrogens with one attached hydrogen (secondary N) is 1. The van der Waals surface area contributed by atoms with Crippen molar-refractivity contribution in [3.8, 4) is 5.75 Å². The number of benzene rings is 1. The molecule has 0 aromatic heterocycles. The van der Waals surface area contributed by atoms with E-state index in [1.165, 1.54) is 44.1 Å². The highest BCUT2D eigenvalue weighted by Gasteiger charge is 2.40. The van der Waals surface area contributed by atoms with Crippen LogP contribution in [0.2, 0.25) is 0 Å². The summed E-state index contributed by atoms with van der Waals surface area (Å²) in [6, 6.07) is 6.91. The van der Waals surface area contributed by atoms with E-state index in [0.29, 0.717) is 6.04 Å². The zero-order valence-corrected chi connectivity index (χ0v) is 13.8. The van der Waals surface area contributed by atoms with Crippen molar-refractivity contribution in [3.05, 3.63) is 28.2 Å². The number of hydrogen-bond donors (Lipinski definition) is 1. The van der Waals surface area contributed by atoms with Gasteiger partial charge in [0.1, 0.15) is 11.4 Å². The molecule has 0 bridgehead atoms. The lowest BCUT2D eigenvalue weighted by molar-refractivity contribution is 0.0163. The summed E-state index contributed by atoms with van der Waals surface area (Å²) in [7, 11) is 0. The molecule has 1 unspecified atom stereocenters.